The van der Waals surface area contributed by atoms with E-state index in [0.717, 1.165) is 0 Å². The second-order valence-electron chi connectivity index (χ2n) is 6.29. The van der Waals surface area contributed by atoms with Crippen LogP contribution in [-0.4, -0.2) is 60.6 Å². The largest absolute Gasteiger partial charge is 0.481 e. The summed E-state index contributed by atoms with van der Waals surface area (Å²) in [7, 11) is -3.28. The number of carboxylic acid groups (broad SMARTS) is 1. The Balaban J connectivity index is 2.46. The highest BCUT2D eigenvalue weighted by Crippen LogP contribution is 2.17. The summed E-state index contributed by atoms with van der Waals surface area (Å²) in [6, 6.07) is -0.398. The van der Waals surface area contributed by atoms with Crippen molar-refractivity contribution in [3.63, 3.8) is 0 Å². The maximum Gasteiger partial charge on any atom is 0.317 e. The highest BCUT2D eigenvalue weighted by Gasteiger charge is 2.30. The van der Waals surface area contributed by atoms with Gasteiger partial charge in [0.25, 0.3) is 0 Å². The van der Waals surface area contributed by atoms with Gasteiger partial charge in [0.05, 0.1) is 16.4 Å². The lowest BCUT2D eigenvalue weighted by Gasteiger charge is -2.30. The van der Waals surface area contributed by atoms with Gasteiger partial charge in [-0.3, -0.25) is 4.79 Å². The van der Waals surface area contributed by atoms with Crippen molar-refractivity contribution in [2.75, 3.05) is 25.4 Å². The number of carboxylic acids is 1. The van der Waals surface area contributed by atoms with Crippen molar-refractivity contribution in [2.45, 2.75) is 38.4 Å². The number of rotatable bonds is 4. The van der Waals surface area contributed by atoms with E-state index in [1.807, 2.05) is 0 Å². The summed E-state index contributed by atoms with van der Waals surface area (Å²) in [6.07, 6.45) is 1.21. The molecule has 0 aliphatic carbocycles. The first kappa shape index (κ1) is 17.7. The van der Waals surface area contributed by atoms with Gasteiger partial charge in [0, 0.05) is 19.6 Å². The molecular weight excluding hydrogens is 296 g/mol. The number of carbonyl (C=O) groups excluding carboxylic acids is 1. The predicted molar refractivity (Wildman–Crippen MR) is 78.9 cm³/mol. The minimum Gasteiger partial charge on any atom is -0.481 e. The van der Waals surface area contributed by atoms with Crippen LogP contribution in [-0.2, 0) is 14.6 Å². The first-order valence-corrected chi connectivity index (χ1v) is 8.68. The van der Waals surface area contributed by atoms with Crippen LogP contribution in [0.15, 0.2) is 0 Å². The predicted octanol–water partition coefficient (Wildman–Crippen LogP) is 0.706. The van der Waals surface area contributed by atoms with E-state index in [1.54, 1.807) is 20.8 Å². The molecule has 0 aromatic heterocycles. The average Bonchev–Trinajstić information content (AvgIpc) is 2.37. The van der Waals surface area contributed by atoms with Gasteiger partial charge in [-0.1, -0.05) is 0 Å². The number of nitrogens with zero attached hydrogens (tertiary/aromatic N) is 1. The molecule has 0 spiro atoms. The van der Waals surface area contributed by atoms with Crippen LogP contribution >= 0.6 is 0 Å². The average molecular weight is 320 g/mol. The Morgan fingerprint density at radius 3 is 2.48 bits per heavy atom. The third kappa shape index (κ3) is 4.87. The van der Waals surface area contributed by atoms with Crippen LogP contribution in [0.1, 0.15) is 33.6 Å². The minimum atomic E-state index is -3.28. The fourth-order valence-electron chi connectivity index (χ4n) is 2.07. The topological polar surface area (TPSA) is 104 Å². The molecule has 1 aliphatic rings. The van der Waals surface area contributed by atoms with Crippen molar-refractivity contribution in [1.29, 1.82) is 0 Å². The number of aliphatic carboxylic acids is 1. The van der Waals surface area contributed by atoms with Crippen LogP contribution in [0, 0.1) is 5.92 Å². The molecule has 0 radical (unpaired) electrons. The molecule has 1 aliphatic heterocycles. The van der Waals surface area contributed by atoms with Crippen molar-refractivity contribution in [1.82, 2.24) is 10.2 Å². The number of amides is 2. The highest BCUT2D eigenvalue weighted by atomic mass is 32.2. The Hall–Kier alpha value is -1.31. The smallest absolute Gasteiger partial charge is 0.317 e. The quantitative estimate of drug-likeness (QED) is 0.794. The monoisotopic (exact) mass is 320 g/mol. The Morgan fingerprint density at radius 1 is 1.33 bits per heavy atom. The normalized spacial score (nSPS) is 20.1. The Morgan fingerprint density at radius 2 is 1.95 bits per heavy atom. The van der Waals surface area contributed by atoms with E-state index in [1.165, 1.54) is 4.90 Å². The molecule has 0 saturated carbocycles. The summed E-state index contributed by atoms with van der Waals surface area (Å²) in [5, 5.41) is 11.5. The fourth-order valence-corrected chi connectivity index (χ4v) is 3.06. The van der Waals surface area contributed by atoms with E-state index < -0.39 is 32.5 Å². The maximum absolute atomic E-state index is 11.9. The Bertz CT molecular complexity index is 495. The van der Waals surface area contributed by atoms with E-state index >= 15 is 0 Å². The van der Waals surface area contributed by atoms with Gasteiger partial charge in [0.1, 0.15) is 0 Å². The molecule has 1 heterocycles. The molecule has 21 heavy (non-hydrogen) atoms. The molecule has 7 nitrogen and oxygen atoms in total. The van der Waals surface area contributed by atoms with Crippen molar-refractivity contribution in [2.24, 2.45) is 5.92 Å². The van der Waals surface area contributed by atoms with Crippen LogP contribution in [0.25, 0.3) is 0 Å². The summed E-state index contributed by atoms with van der Waals surface area (Å²) >= 11 is 0. The molecule has 1 saturated heterocycles. The number of hydrogen-bond acceptors (Lipinski definition) is 4. The molecule has 0 aromatic carbocycles. The molecule has 2 N–H and O–H groups in total. The van der Waals surface area contributed by atoms with Gasteiger partial charge >= 0.3 is 12.0 Å². The van der Waals surface area contributed by atoms with Gasteiger partial charge in [-0.2, -0.15) is 0 Å². The van der Waals surface area contributed by atoms with Gasteiger partial charge in [-0.15, -0.1) is 0 Å². The molecule has 1 unspecified atom stereocenters. The minimum absolute atomic E-state index is 0.0344. The molecule has 1 fully saturated rings. The van der Waals surface area contributed by atoms with Crippen LogP contribution in [0.2, 0.25) is 0 Å². The lowest BCUT2D eigenvalue weighted by molar-refractivity contribution is -0.143. The number of urea groups is 1. The van der Waals surface area contributed by atoms with Gasteiger partial charge in [-0.05, 0) is 33.6 Å². The molecule has 0 aromatic rings. The number of sulfone groups is 1. The molecular formula is C13H24N2O5S. The van der Waals surface area contributed by atoms with E-state index in [2.05, 4.69) is 5.32 Å². The van der Waals surface area contributed by atoms with E-state index in [-0.39, 0.29) is 18.8 Å². The molecule has 1 atom stereocenters. The molecule has 0 bridgehead atoms. The Labute approximate surface area is 125 Å². The van der Waals surface area contributed by atoms with Crippen LogP contribution in [0.5, 0.6) is 0 Å². The second kappa shape index (κ2) is 6.64. The molecule has 122 valence electrons. The van der Waals surface area contributed by atoms with Gasteiger partial charge in [0.15, 0.2) is 9.84 Å². The summed E-state index contributed by atoms with van der Waals surface area (Å²) in [5.74, 6) is -1.57. The molecule has 1 rings (SSSR count). The zero-order valence-corrected chi connectivity index (χ0v) is 13.6. The van der Waals surface area contributed by atoms with Crippen molar-refractivity contribution in [3.8, 4) is 0 Å². The van der Waals surface area contributed by atoms with Gasteiger partial charge in [-0.25, -0.2) is 13.2 Å². The standard InChI is InChI=1S/C13H24N2O5S/c1-13(2,3)21(19,20)8-6-14-12(18)15-7-4-5-10(9-15)11(16)17/h10H,4-9H2,1-3H3,(H,14,18)(H,16,17). The van der Waals surface area contributed by atoms with Crippen molar-refractivity contribution >= 4 is 21.8 Å². The number of carbonyl (C=O) groups is 2. The van der Waals surface area contributed by atoms with Crippen molar-refractivity contribution < 1.29 is 23.1 Å². The zero-order valence-electron chi connectivity index (χ0n) is 12.8. The summed E-state index contributed by atoms with van der Waals surface area (Å²) in [4.78, 5) is 24.3. The number of hydrogen-bond donors (Lipinski definition) is 2. The molecule has 2 amide bonds. The van der Waals surface area contributed by atoms with E-state index in [0.29, 0.717) is 19.4 Å². The maximum atomic E-state index is 11.9. The first-order valence-electron chi connectivity index (χ1n) is 7.02. The van der Waals surface area contributed by atoms with Gasteiger partial charge < -0.3 is 15.3 Å². The third-order valence-corrected chi connectivity index (χ3v) is 6.25. The summed E-state index contributed by atoms with van der Waals surface area (Å²) < 4.78 is 23.0. The number of likely N-dealkylation sites (tertiary alicyclic amines) is 1. The third-order valence-electron chi connectivity index (χ3n) is 3.64. The van der Waals surface area contributed by atoms with Crippen LogP contribution in [0.4, 0.5) is 4.79 Å². The Kier molecular flexibility index (Phi) is 5.61. The van der Waals surface area contributed by atoms with Crippen LogP contribution in [0.3, 0.4) is 0 Å². The lowest BCUT2D eigenvalue weighted by Crippen LogP contribution is -2.48. The fraction of sp³-hybridized carbons (Fsp3) is 0.846. The zero-order chi connectivity index (χ0) is 16.3. The summed E-state index contributed by atoms with van der Waals surface area (Å²) in [6.45, 7) is 5.56. The van der Waals surface area contributed by atoms with Crippen molar-refractivity contribution in [3.05, 3.63) is 0 Å². The SMILES string of the molecule is CC(C)(C)S(=O)(=O)CCNC(=O)N1CCCC(C(=O)O)C1. The lowest BCUT2D eigenvalue weighted by atomic mass is 9.99. The highest BCUT2D eigenvalue weighted by molar-refractivity contribution is 7.92. The summed E-state index contributed by atoms with van der Waals surface area (Å²) in [5.41, 5.74) is 0. The van der Waals surface area contributed by atoms with E-state index in [4.69, 9.17) is 5.11 Å². The first-order chi connectivity index (χ1) is 9.54. The second-order valence-corrected chi connectivity index (χ2v) is 9.15. The number of nitrogens with one attached hydrogen (secondary N) is 1. The van der Waals surface area contributed by atoms with Crippen LogP contribution < -0.4 is 5.32 Å². The molecule has 8 heteroatoms. The van der Waals surface area contributed by atoms with E-state index in [9.17, 15) is 18.0 Å². The number of piperidine rings is 1. The van der Waals surface area contributed by atoms with Gasteiger partial charge in [0.2, 0.25) is 0 Å².